The van der Waals surface area contributed by atoms with Gasteiger partial charge in [-0.15, -0.1) is 11.3 Å². The van der Waals surface area contributed by atoms with Crippen molar-refractivity contribution in [2.24, 2.45) is 0 Å². The van der Waals surface area contributed by atoms with E-state index in [0.717, 1.165) is 26.5 Å². The van der Waals surface area contributed by atoms with Gasteiger partial charge in [0, 0.05) is 16.0 Å². The van der Waals surface area contributed by atoms with Crippen molar-refractivity contribution >= 4 is 54.7 Å². The van der Waals surface area contributed by atoms with Gasteiger partial charge in [-0.1, -0.05) is 66.2 Å². The lowest BCUT2D eigenvalue weighted by molar-refractivity contribution is 1.48. The zero-order valence-corrected chi connectivity index (χ0v) is 14.2. The average Bonchev–Trinajstić information content (AvgIpc) is 3.06. The number of halogens is 1. The van der Waals surface area contributed by atoms with Crippen molar-refractivity contribution in [1.82, 2.24) is 4.98 Å². The van der Waals surface area contributed by atoms with Crippen molar-refractivity contribution in [2.45, 2.75) is 0 Å². The van der Waals surface area contributed by atoms with Crippen molar-refractivity contribution in [1.29, 1.82) is 0 Å². The highest BCUT2D eigenvalue weighted by molar-refractivity contribution is 7.22. The fourth-order valence-electron chi connectivity index (χ4n) is 3.21. The van der Waals surface area contributed by atoms with Crippen LogP contribution in [0.4, 0.5) is 0 Å². The lowest BCUT2D eigenvalue weighted by Crippen LogP contribution is -1.79. The maximum absolute atomic E-state index is 6.16. The van der Waals surface area contributed by atoms with Crippen LogP contribution in [0, 0.1) is 0 Å². The molecule has 1 nitrogen and oxygen atoms in total. The Hall–Kier alpha value is -2.42. The highest BCUT2D eigenvalue weighted by Crippen LogP contribution is 2.38. The monoisotopic (exact) mass is 345 g/mol. The van der Waals surface area contributed by atoms with Crippen molar-refractivity contribution in [3.63, 3.8) is 0 Å². The molecule has 5 aromatic rings. The quantitative estimate of drug-likeness (QED) is 0.300. The summed E-state index contributed by atoms with van der Waals surface area (Å²) >= 11 is 7.92. The second kappa shape index (κ2) is 5.30. The first-order valence-corrected chi connectivity index (χ1v) is 8.96. The molecule has 0 unspecified atom stereocenters. The Morgan fingerprint density at radius 1 is 0.792 bits per heavy atom. The summed E-state index contributed by atoms with van der Waals surface area (Å²) in [6.07, 6.45) is 0. The lowest BCUT2D eigenvalue weighted by atomic mass is 10.0. The summed E-state index contributed by atoms with van der Waals surface area (Å²) in [6, 6.07) is 25.0. The molecule has 1 heterocycles. The van der Waals surface area contributed by atoms with E-state index < -0.39 is 0 Å². The number of aromatic nitrogens is 1. The van der Waals surface area contributed by atoms with E-state index in [1.54, 1.807) is 11.3 Å². The fourth-order valence-corrected chi connectivity index (χ4v) is 4.53. The number of hydrogen-bond donors (Lipinski definition) is 0. The molecule has 0 atom stereocenters. The molecule has 4 aromatic carbocycles. The molecule has 0 radical (unpaired) electrons. The molecule has 5 rings (SSSR count). The number of hydrogen-bond acceptors (Lipinski definition) is 2. The summed E-state index contributed by atoms with van der Waals surface area (Å²) in [4.78, 5) is 4.85. The standard InChI is InChI=1S/C21H12ClNS/c22-16-9-10-17-15(12-16)7-6-13-8-11-18-20(19(13)17)24-21(23-18)14-4-2-1-3-5-14/h1-12H. The molecule has 0 aliphatic rings. The molecule has 1 aromatic heterocycles. The van der Waals surface area contributed by atoms with E-state index in [-0.39, 0.29) is 0 Å². The van der Waals surface area contributed by atoms with Crippen LogP contribution in [0.3, 0.4) is 0 Å². The van der Waals surface area contributed by atoms with E-state index in [1.807, 2.05) is 18.2 Å². The van der Waals surface area contributed by atoms with E-state index in [9.17, 15) is 0 Å². The minimum atomic E-state index is 0.767. The van der Waals surface area contributed by atoms with Crippen molar-refractivity contribution < 1.29 is 0 Å². The number of fused-ring (bicyclic) bond motifs is 5. The Kier molecular flexibility index (Phi) is 3.09. The minimum Gasteiger partial charge on any atom is -0.236 e. The van der Waals surface area contributed by atoms with Crippen LogP contribution in [0.25, 0.3) is 42.3 Å². The van der Waals surface area contributed by atoms with E-state index in [0.29, 0.717) is 0 Å². The number of benzene rings is 4. The molecule has 0 bridgehead atoms. The Labute approximate surface area is 148 Å². The van der Waals surface area contributed by atoms with Gasteiger partial charge >= 0.3 is 0 Å². The minimum absolute atomic E-state index is 0.767. The fraction of sp³-hybridized carbons (Fsp3) is 0. The van der Waals surface area contributed by atoms with E-state index in [2.05, 4.69) is 54.6 Å². The van der Waals surface area contributed by atoms with Crippen LogP contribution in [-0.4, -0.2) is 4.98 Å². The summed E-state index contributed by atoms with van der Waals surface area (Å²) in [5.41, 5.74) is 2.21. The van der Waals surface area contributed by atoms with E-state index in [4.69, 9.17) is 16.6 Å². The summed E-state index contributed by atoms with van der Waals surface area (Å²) in [7, 11) is 0. The van der Waals surface area contributed by atoms with Crippen LogP contribution in [0.5, 0.6) is 0 Å². The predicted molar refractivity (Wildman–Crippen MR) is 105 cm³/mol. The molecule has 0 spiro atoms. The highest BCUT2D eigenvalue weighted by Gasteiger charge is 2.11. The van der Waals surface area contributed by atoms with Gasteiger partial charge in [0.2, 0.25) is 0 Å². The SMILES string of the molecule is Clc1ccc2c(ccc3ccc4nc(-c5ccccc5)sc4c32)c1. The van der Waals surface area contributed by atoms with Crippen LogP contribution < -0.4 is 0 Å². The summed E-state index contributed by atoms with van der Waals surface area (Å²) in [5.74, 6) is 0. The van der Waals surface area contributed by atoms with Crippen LogP contribution >= 0.6 is 22.9 Å². The van der Waals surface area contributed by atoms with E-state index >= 15 is 0 Å². The van der Waals surface area contributed by atoms with Crippen molar-refractivity contribution in [3.05, 3.63) is 77.8 Å². The molecule has 3 heteroatoms. The Balaban J connectivity index is 1.90. The van der Waals surface area contributed by atoms with Gasteiger partial charge in [-0.05, 0) is 34.4 Å². The average molecular weight is 346 g/mol. The summed E-state index contributed by atoms with van der Waals surface area (Å²) < 4.78 is 1.24. The third-order valence-electron chi connectivity index (χ3n) is 4.34. The molecule has 0 amide bonds. The second-order valence-corrected chi connectivity index (χ2v) is 7.26. The van der Waals surface area contributed by atoms with Gasteiger partial charge in [-0.2, -0.15) is 0 Å². The molecule has 24 heavy (non-hydrogen) atoms. The first-order chi connectivity index (χ1) is 11.8. The van der Waals surface area contributed by atoms with Gasteiger partial charge < -0.3 is 0 Å². The molecule has 0 fully saturated rings. The van der Waals surface area contributed by atoms with Crippen LogP contribution in [0.1, 0.15) is 0 Å². The zero-order chi connectivity index (χ0) is 16.1. The molecule has 0 aliphatic heterocycles. The Morgan fingerprint density at radius 2 is 1.58 bits per heavy atom. The van der Waals surface area contributed by atoms with Crippen LogP contribution in [0.2, 0.25) is 5.02 Å². The summed E-state index contributed by atoms with van der Waals surface area (Å²) in [5, 5.41) is 6.72. The van der Waals surface area contributed by atoms with Gasteiger partial charge in [0.05, 0.1) is 10.2 Å². The predicted octanol–water partition coefficient (Wildman–Crippen LogP) is 6.92. The first kappa shape index (κ1) is 14.0. The molecule has 0 saturated carbocycles. The maximum Gasteiger partial charge on any atom is 0.124 e. The molecular formula is C21H12ClNS. The largest absolute Gasteiger partial charge is 0.236 e. The van der Waals surface area contributed by atoms with Crippen molar-refractivity contribution in [3.8, 4) is 10.6 Å². The molecular weight excluding hydrogens is 334 g/mol. The molecule has 0 saturated heterocycles. The summed E-state index contributed by atoms with van der Waals surface area (Å²) in [6.45, 7) is 0. The normalized spacial score (nSPS) is 11.5. The zero-order valence-electron chi connectivity index (χ0n) is 12.7. The van der Waals surface area contributed by atoms with Gasteiger partial charge in [0.15, 0.2) is 0 Å². The third kappa shape index (κ3) is 2.11. The van der Waals surface area contributed by atoms with E-state index in [1.165, 1.54) is 20.9 Å². The second-order valence-electron chi connectivity index (χ2n) is 5.83. The topological polar surface area (TPSA) is 12.9 Å². The number of thiazole rings is 1. The lowest BCUT2D eigenvalue weighted by Gasteiger charge is -2.05. The number of nitrogens with zero attached hydrogens (tertiary/aromatic N) is 1. The van der Waals surface area contributed by atoms with Gasteiger partial charge in [-0.3, -0.25) is 0 Å². The Morgan fingerprint density at radius 3 is 2.46 bits per heavy atom. The smallest absolute Gasteiger partial charge is 0.124 e. The highest BCUT2D eigenvalue weighted by atomic mass is 35.5. The van der Waals surface area contributed by atoms with Gasteiger partial charge in [0.1, 0.15) is 5.01 Å². The maximum atomic E-state index is 6.16. The molecule has 0 aliphatic carbocycles. The molecule has 0 N–H and O–H groups in total. The third-order valence-corrected chi connectivity index (χ3v) is 5.71. The van der Waals surface area contributed by atoms with Crippen LogP contribution in [-0.2, 0) is 0 Å². The molecule has 114 valence electrons. The van der Waals surface area contributed by atoms with Gasteiger partial charge in [-0.25, -0.2) is 4.98 Å². The van der Waals surface area contributed by atoms with Gasteiger partial charge in [0.25, 0.3) is 0 Å². The van der Waals surface area contributed by atoms with Crippen LogP contribution in [0.15, 0.2) is 72.8 Å². The Bertz CT molecular complexity index is 1210. The number of rotatable bonds is 1. The van der Waals surface area contributed by atoms with Crippen molar-refractivity contribution in [2.75, 3.05) is 0 Å². The first-order valence-electron chi connectivity index (χ1n) is 7.76.